The van der Waals surface area contributed by atoms with Gasteiger partial charge in [-0.2, -0.15) is 10.2 Å². The Kier molecular flexibility index (Phi) is 4.65. The maximum atomic E-state index is 13.1. The van der Waals surface area contributed by atoms with Gasteiger partial charge in [0.25, 0.3) is 5.91 Å². The lowest BCUT2D eigenvalue weighted by atomic mass is 10.1. The quantitative estimate of drug-likeness (QED) is 0.581. The molecular formula is C21H22N6O. The molecule has 0 aliphatic carbocycles. The van der Waals surface area contributed by atoms with Gasteiger partial charge in [0.05, 0.1) is 34.6 Å². The van der Waals surface area contributed by atoms with Crippen LogP contribution in [0.5, 0.6) is 0 Å². The first-order chi connectivity index (χ1) is 13.6. The van der Waals surface area contributed by atoms with Crippen molar-refractivity contribution in [3.05, 3.63) is 66.1 Å². The maximum absolute atomic E-state index is 13.1. The number of aryl methyl sites for hydroxylation is 2. The van der Waals surface area contributed by atoms with E-state index in [2.05, 4.69) is 15.5 Å². The van der Waals surface area contributed by atoms with E-state index in [9.17, 15) is 4.79 Å². The van der Waals surface area contributed by atoms with Crippen molar-refractivity contribution in [2.45, 2.75) is 26.4 Å². The molecule has 1 N–H and O–H groups in total. The summed E-state index contributed by atoms with van der Waals surface area (Å²) in [5.41, 5.74) is 3.79. The highest BCUT2D eigenvalue weighted by Crippen LogP contribution is 2.25. The van der Waals surface area contributed by atoms with E-state index in [1.165, 1.54) is 0 Å². The van der Waals surface area contributed by atoms with Crippen molar-refractivity contribution in [3.63, 3.8) is 0 Å². The average Bonchev–Trinajstić information content (AvgIpc) is 3.33. The van der Waals surface area contributed by atoms with E-state index in [1.54, 1.807) is 15.6 Å². The number of benzene rings is 1. The van der Waals surface area contributed by atoms with Gasteiger partial charge in [-0.3, -0.25) is 9.48 Å². The smallest absolute Gasteiger partial charge is 0.252 e. The Morgan fingerprint density at radius 3 is 2.68 bits per heavy atom. The van der Waals surface area contributed by atoms with E-state index in [0.717, 1.165) is 22.3 Å². The van der Waals surface area contributed by atoms with E-state index in [-0.39, 0.29) is 11.9 Å². The second-order valence-corrected chi connectivity index (χ2v) is 6.73. The maximum Gasteiger partial charge on any atom is 0.252 e. The van der Waals surface area contributed by atoms with E-state index < -0.39 is 0 Å². The van der Waals surface area contributed by atoms with Crippen molar-refractivity contribution < 1.29 is 4.79 Å². The molecule has 0 spiro atoms. The van der Waals surface area contributed by atoms with Gasteiger partial charge in [0.15, 0.2) is 5.65 Å². The summed E-state index contributed by atoms with van der Waals surface area (Å²) in [5, 5.41) is 12.6. The first kappa shape index (κ1) is 17.9. The molecular weight excluding hydrogens is 352 g/mol. The lowest BCUT2D eigenvalue weighted by molar-refractivity contribution is 0.0940. The molecule has 3 aromatic heterocycles. The van der Waals surface area contributed by atoms with Gasteiger partial charge in [-0.25, -0.2) is 9.67 Å². The fraction of sp³-hybridized carbons (Fsp3) is 0.238. The van der Waals surface area contributed by atoms with Gasteiger partial charge >= 0.3 is 0 Å². The zero-order valence-electron chi connectivity index (χ0n) is 16.1. The van der Waals surface area contributed by atoms with Crippen molar-refractivity contribution in [2.24, 2.45) is 7.05 Å². The number of carbonyl (C=O) groups is 1. The Morgan fingerprint density at radius 1 is 1.21 bits per heavy atom. The Labute approximate surface area is 163 Å². The first-order valence-electron chi connectivity index (χ1n) is 9.29. The Balaban J connectivity index is 1.76. The molecule has 142 valence electrons. The average molecular weight is 374 g/mol. The van der Waals surface area contributed by atoms with Crippen LogP contribution in [0.25, 0.3) is 22.3 Å². The minimum absolute atomic E-state index is 0.168. The minimum atomic E-state index is -0.210. The highest BCUT2D eigenvalue weighted by molar-refractivity contribution is 6.06. The van der Waals surface area contributed by atoms with Crippen LogP contribution in [0.15, 0.2) is 54.9 Å². The summed E-state index contributed by atoms with van der Waals surface area (Å²) in [7, 11) is 1.86. The van der Waals surface area contributed by atoms with Crippen molar-refractivity contribution in [2.75, 3.05) is 0 Å². The monoisotopic (exact) mass is 374 g/mol. The number of hydrogen-bond donors (Lipinski definition) is 1. The number of carbonyl (C=O) groups excluding carboxylic acids is 1. The van der Waals surface area contributed by atoms with Crippen LogP contribution in [0.4, 0.5) is 0 Å². The van der Waals surface area contributed by atoms with Crippen LogP contribution < -0.4 is 5.32 Å². The van der Waals surface area contributed by atoms with Gasteiger partial charge < -0.3 is 5.32 Å². The van der Waals surface area contributed by atoms with Crippen LogP contribution in [0.3, 0.4) is 0 Å². The third-order valence-corrected chi connectivity index (χ3v) is 4.75. The topological polar surface area (TPSA) is 77.6 Å². The van der Waals surface area contributed by atoms with E-state index >= 15 is 0 Å². The Hall–Kier alpha value is -3.48. The van der Waals surface area contributed by atoms with Crippen LogP contribution in [0.2, 0.25) is 0 Å². The van der Waals surface area contributed by atoms with Crippen molar-refractivity contribution in [1.29, 1.82) is 0 Å². The number of nitrogens with one attached hydrogen (secondary N) is 1. The summed E-state index contributed by atoms with van der Waals surface area (Å²) in [4.78, 5) is 17.9. The highest BCUT2D eigenvalue weighted by atomic mass is 16.1. The molecule has 0 unspecified atom stereocenters. The lowest BCUT2D eigenvalue weighted by Crippen LogP contribution is -2.27. The molecule has 0 saturated heterocycles. The zero-order chi connectivity index (χ0) is 19.7. The van der Waals surface area contributed by atoms with Crippen LogP contribution in [-0.4, -0.2) is 30.5 Å². The Bertz CT molecular complexity index is 1130. The fourth-order valence-electron chi connectivity index (χ4n) is 3.24. The third-order valence-electron chi connectivity index (χ3n) is 4.75. The molecule has 4 rings (SSSR count). The number of amides is 1. The minimum Gasteiger partial charge on any atom is -0.344 e. The van der Waals surface area contributed by atoms with Gasteiger partial charge in [0.2, 0.25) is 0 Å². The number of pyridine rings is 1. The zero-order valence-corrected chi connectivity index (χ0v) is 16.1. The van der Waals surface area contributed by atoms with Crippen LogP contribution >= 0.6 is 0 Å². The largest absolute Gasteiger partial charge is 0.344 e. The molecule has 3 heterocycles. The molecule has 0 saturated carbocycles. The predicted molar refractivity (Wildman–Crippen MR) is 108 cm³/mol. The molecule has 7 heteroatoms. The second-order valence-electron chi connectivity index (χ2n) is 6.73. The van der Waals surface area contributed by atoms with E-state index in [4.69, 9.17) is 4.98 Å². The SMILES string of the molecule is CCn1ncc2c(C(=O)N[C@H](C)c3ccn(C)n3)cc(-c3ccccc3)nc21. The summed E-state index contributed by atoms with van der Waals surface area (Å²) >= 11 is 0. The molecule has 7 nitrogen and oxygen atoms in total. The second kappa shape index (κ2) is 7.26. The van der Waals surface area contributed by atoms with Crippen LogP contribution in [0.1, 0.15) is 35.9 Å². The van der Waals surface area contributed by atoms with Gasteiger partial charge in [-0.1, -0.05) is 30.3 Å². The fourth-order valence-corrected chi connectivity index (χ4v) is 3.24. The number of rotatable bonds is 5. The van der Waals surface area contributed by atoms with Crippen molar-refractivity contribution in [3.8, 4) is 11.3 Å². The van der Waals surface area contributed by atoms with Gasteiger partial charge in [0.1, 0.15) is 0 Å². The Morgan fingerprint density at radius 2 is 2.00 bits per heavy atom. The molecule has 28 heavy (non-hydrogen) atoms. The van der Waals surface area contributed by atoms with Crippen LogP contribution in [0, 0.1) is 0 Å². The lowest BCUT2D eigenvalue weighted by Gasteiger charge is -2.13. The van der Waals surface area contributed by atoms with Crippen LogP contribution in [-0.2, 0) is 13.6 Å². The number of nitrogens with zero attached hydrogens (tertiary/aromatic N) is 5. The van der Waals surface area contributed by atoms with E-state index in [1.807, 2.05) is 69.6 Å². The molecule has 0 bridgehead atoms. The molecule has 0 aliphatic heterocycles. The highest BCUT2D eigenvalue weighted by Gasteiger charge is 2.19. The molecule has 1 aromatic carbocycles. The summed E-state index contributed by atoms with van der Waals surface area (Å²) in [6.07, 6.45) is 3.57. The first-order valence-corrected chi connectivity index (χ1v) is 9.29. The number of aromatic nitrogens is 5. The molecule has 4 aromatic rings. The standard InChI is InChI=1S/C21H22N6O/c1-4-27-20-17(13-22-27)16(12-19(24-20)15-8-6-5-7-9-15)21(28)23-14(2)18-10-11-26(3)25-18/h5-14H,4H2,1-3H3,(H,23,28)/t14-/m1/s1. The molecule has 0 radical (unpaired) electrons. The number of hydrogen-bond acceptors (Lipinski definition) is 4. The third kappa shape index (κ3) is 3.26. The normalized spacial score (nSPS) is 12.2. The summed E-state index contributed by atoms with van der Waals surface area (Å²) < 4.78 is 3.53. The predicted octanol–water partition coefficient (Wildman–Crippen LogP) is 3.34. The van der Waals surface area contributed by atoms with Crippen molar-refractivity contribution >= 4 is 16.9 Å². The van der Waals surface area contributed by atoms with Gasteiger partial charge in [0, 0.05) is 25.4 Å². The molecule has 0 fully saturated rings. The summed E-state index contributed by atoms with van der Waals surface area (Å²) in [6.45, 7) is 4.61. The van der Waals surface area contributed by atoms with E-state index in [0.29, 0.717) is 17.8 Å². The van der Waals surface area contributed by atoms with Gasteiger partial charge in [-0.15, -0.1) is 0 Å². The summed E-state index contributed by atoms with van der Waals surface area (Å²) in [6, 6.07) is 13.4. The molecule has 1 atom stereocenters. The number of fused-ring (bicyclic) bond motifs is 1. The van der Waals surface area contributed by atoms with Crippen molar-refractivity contribution in [1.82, 2.24) is 29.9 Å². The molecule has 0 aliphatic rings. The molecule has 1 amide bonds. The van der Waals surface area contributed by atoms with Gasteiger partial charge in [-0.05, 0) is 26.0 Å². The summed E-state index contributed by atoms with van der Waals surface area (Å²) in [5.74, 6) is -0.168.